The van der Waals surface area contributed by atoms with Crippen molar-refractivity contribution in [3.8, 4) is 0 Å². The van der Waals surface area contributed by atoms with Crippen molar-refractivity contribution in [2.45, 2.75) is 33.6 Å². The molecule has 4 heteroatoms. The SMILES string of the molecule is C=C(F)/C(F)=C(C)\C(F)=C(\F)CCC(C)C. The van der Waals surface area contributed by atoms with E-state index < -0.39 is 28.9 Å². The van der Waals surface area contributed by atoms with Gasteiger partial charge in [0.15, 0.2) is 17.5 Å². The van der Waals surface area contributed by atoms with Gasteiger partial charge in [0.1, 0.15) is 5.83 Å². The average molecular weight is 236 g/mol. The van der Waals surface area contributed by atoms with Gasteiger partial charge in [0.05, 0.1) is 0 Å². The van der Waals surface area contributed by atoms with Gasteiger partial charge in [0.25, 0.3) is 0 Å². The van der Waals surface area contributed by atoms with Crippen LogP contribution in [0.15, 0.2) is 35.5 Å². The topological polar surface area (TPSA) is 0 Å². The zero-order chi connectivity index (χ0) is 12.9. The molecule has 0 unspecified atom stereocenters. The molecule has 0 amide bonds. The summed E-state index contributed by atoms with van der Waals surface area (Å²) in [7, 11) is 0. The first kappa shape index (κ1) is 14.9. The monoisotopic (exact) mass is 236 g/mol. The van der Waals surface area contributed by atoms with Crippen LogP contribution in [0.2, 0.25) is 0 Å². The molecule has 0 nitrogen and oxygen atoms in total. The number of rotatable bonds is 5. The first-order valence-electron chi connectivity index (χ1n) is 5.03. The highest BCUT2D eigenvalue weighted by atomic mass is 19.2. The molecule has 0 bridgehead atoms. The molecular weight excluding hydrogens is 220 g/mol. The summed E-state index contributed by atoms with van der Waals surface area (Å²) in [6, 6.07) is 0. The number of hydrogen-bond acceptors (Lipinski definition) is 0. The van der Waals surface area contributed by atoms with E-state index in [-0.39, 0.29) is 12.3 Å². The Labute approximate surface area is 93.3 Å². The number of halogens is 4. The fourth-order valence-corrected chi connectivity index (χ4v) is 1.03. The lowest BCUT2D eigenvalue weighted by Gasteiger charge is -2.05. The Bertz CT molecular complexity index is 324. The van der Waals surface area contributed by atoms with Crippen molar-refractivity contribution in [1.82, 2.24) is 0 Å². The van der Waals surface area contributed by atoms with E-state index in [2.05, 4.69) is 6.58 Å². The van der Waals surface area contributed by atoms with Gasteiger partial charge in [-0.2, -0.15) is 0 Å². The summed E-state index contributed by atoms with van der Waals surface area (Å²) in [6.45, 7) is 7.38. The molecule has 0 aromatic rings. The van der Waals surface area contributed by atoms with Crippen molar-refractivity contribution in [2.75, 3.05) is 0 Å². The molecule has 0 radical (unpaired) electrons. The van der Waals surface area contributed by atoms with Crippen LogP contribution in [0.4, 0.5) is 17.6 Å². The zero-order valence-corrected chi connectivity index (χ0v) is 9.71. The van der Waals surface area contributed by atoms with Gasteiger partial charge in [-0.1, -0.05) is 20.4 Å². The van der Waals surface area contributed by atoms with Crippen LogP contribution in [0.5, 0.6) is 0 Å². The smallest absolute Gasteiger partial charge is 0.164 e. The maximum atomic E-state index is 13.3. The van der Waals surface area contributed by atoms with E-state index in [0.29, 0.717) is 6.42 Å². The van der Waals surface area contributed by atoms with Crippen molar-refractivity contribution < 1.29 is 17.6 Å². The van der Waals surface area contributed by atoms with Gasteiger partial charge in [-0.25, -0.2) is 17.6 Å². The second kappa shape index (κ2) is 6.51. The third-order valence-corrected chi connectivity index (χ3v) is 2.08. The van der Waals surface area contributed by atoms with Crippen LogP contribution in [0.3, 0.4) is 0 Å². The summed E-state index contributed by atoms with van der Waals surface area (Å²) in [5.74, 6) is -5.02. The minimum Gasteiger partial charge on any atom is -0.209 e. The van der Waals surface area contributed by atoms with E-state index in [0.717, 1.165) is 6.92 Å². The third-order valence-electron chi connectivity index (χ3n) is 2.08. The van der Waals surface area contributed by atoms with Crippen molar-refractivity contribution in [2.24, 2.45) is 5.92 Å². The van der Waals surface area contributed by atoms with Crippen LogP contribution in [-0.2, 0) is 0 Å². The summed E-state index contributed by atoms with van der Waals surface area (Å²) in [4.78, 5) is 0. The normalized spacial score (nSPS) is 14.8. The first-order valence-corrected chi connectivity index (χ1v) is 5.03. The lowest BCUT2D eigenvalue weighted by molar-refractivity contribution is 0.469. The molecule has 0 fully saturated rings. The van der Waals surface area contributed by atoms with Crippen LogP contribution < -0.4 is 0 Å². The number of allylic oxidation sites excluding steroid dienone is 5. The molecule has 16 heavy (non-hydrogen) atoms. The Hall–Kier alpha value is -1.06. The molecule has 0 aromatic carbocycles. The van der Waals surface area contributed by atoms with Crippen molar-refractivity contribution in [1.29, 1.82) is 0 Å². The van der Waals surface area contributed by atoms with Crippen LogP contribution in [0.25, 0.3) is 0 Å². The highest BCUT2D eigenvalue weighted by molar-refractivity contribution is 5.34. The largest absolute Gasteiger partial charge is 0.209 e. The van der Waals surface area contributed by atoms with Gasteiger partial charge in [-0.05, 0) is 19.3 Å². The standard InChI is InChI=1S/C12H16F4/c1-7(2)5-6-10(14)12(16)8(3)11(15)9(4)13/h7H,4-6H2,1-3H3/b11-8+,12-10-. The Morgan fingerprint density at radius 3 is 1.94 bits per heavy atom. The highest BCUT2D eigenvalue weighted by Crippen LogP contribution is 2.27. The molecule has 0 atom stereocenters. The minimum atomic E-state index is -1.45. The molecule has 0 rings (SSSR count). The molecular formula is C12H16F4. The second-order valence-electron chi connectivity index (χ2n) is 4.00. The molecule has 0 saturated heterocycles. The Morgan fingerprint density at radius 2 is 1.56 bits per heavy atom. The van der Waals surface area contributed by atoms with Gasteiger partial charge >= 0.3 is 0 Å². The van der Waals surface area contributed by atoms with E-state index >= 15 is 0 Å². The van der Waals surface area contributed by atoms with E-state index in [4.69, 9.17) is 0 Å². The van der Waals surface area contributed by atoms with Crippen LogP contribution >= 0.6 is 0 Å². The molecule has 0 aromatic heterocycles. The molecule has 0 aliphatic carbocycles. The minimum absolute atomic E-state index is 0.118. The van der Waals surface area contributed by atoms with Crippen molar-refractivity contribution in [3.05, 3.63) is 35.5 Å². The quantitative estimate of drug-likeness (QED) is 0.449. The van der Waals surface area contributed by atoms with Gasteiger partial charge < -0.3 is 0 Å². The molecule has 0 heterocycles. The van der Waals surface area contributed by atoms with E-state index in [9.17, 15) is 17.6 Å². The van der Waals surface area contributed by atoms with Gasteiger partial charge in [0.2, 0.25) is 0 Å². The summed E-state index contributed by atoms with van der Waals surface area (Å²) >= 11 is 0. The van der Waals surface area contributed by atoms with Gasteiger partial charge in [-0.3, -0.25) is 0 Å². The summed E-state index contributed by atoms with van der Waals surface area (Å²) < 4.78 is 51.7. The first-order chi connectivity index (χ1) is 7.27. The maximum Gasteiger partial charge on any atom is 0.164 e. The van der Waals surface area contributed by atoms with E-state index in [1.807, 2.05) is 13.8 Å². The van der Waals surface area contributed by atoms with Crippen LogP contribution in [-0.4, -0.2) is 0 Å². The van der Waals surface area contributed by atoms with Gasteiger partial charge in [-0.15, -0.1) is 0 Å². The Morgan fingerprint density at radius 1 is 1.06 bits per heavy atom. The lowest BCUT2D eigenvalue weighted by Crippen LogP contribution is -1.92. The fourth-order valence-electron chi connectivity index (χ4n) is 1.03. The molecule has 0 aliphatic rings. The number of hydrogen-bond donors (Lipinski definition) is 0. The van der Waals surface area contributed by atoms with Crippen molar-refractivity contribution >= 4 is 0 Å². The van der Waals surface area contributed by atoms with Crippen molar-refractivity contribution in [3.63, 3.8) is 0 Å². The molecule has 0 spiro atoms. The summed E-state index contributed by atoms with van der Waals surface area (Å²) in [5.41, 5.74) is -0.686. The molecule has 0 aliphatic heterocycles. The fraction of sp³-hybridized carbons (Fsp3) is 0.500. The molecule has 0 N–H and O–H groups in total. The summed E-state index contributed by atoms with van der Waals surface area (Å²) in [6.07, 6.45) is 0.331. The average Bonchev–Trinajstić information content (AvgIpc) is 2.22. The predicted octanol–water partition coefficient (Wildman–Crippen LogP) is 5.30. The molecule has 0 saturated carbocycles. The Kier molecular flexibility index (Phi) is 6.08. The van der Waals surface area contributed by atoms with Crippen LogP contribution in [0, 0.1) is 5.92 Å². The summed E-state index contributed by atoms with van der Waals surface area (Å²) in [5, 5.41) is 0. The maximum absolute atomic E-state index is 13.3. The van der Waals surface area contributed by atoms with Gasteiger partial charge in [0, 0.05) is 12.0 Å². The van der Waals surface area contributed by atoms with Crippen LogP contribution in [0.1, 0.15) is 33.6 Å². The predicted molar refractivity (Wildman–Crippen MR) is 57.4 cm³/mol. The second-order valence-corrected chi connectivity index (χ2v) is 4.00. The molecule has 92 valence electrons. The Balaban J connectivity index is 4.88. The van der Waals surface area contributed by atoms with E-state index in [1.165, 1.54) is 0 Å². The van der Waals surface area contributed by atoms with E-state index in [1.54, 1.807) is 0 Å². The third kappa shape index (κ3) is 4.64. The highest BCUT2D eigenvalue weighted by Gasteiger charge is 2.15. The lowest BCUT2D eigenvalue weighted by atomic mass is 10.1. The zero-order valence-electron chi connectivity index (χ0n) is 9.71.